The first kappa shape index (κ1) is 9.73. The molecule has 0 aliphatic heterocycles. The molecule has 13 heavy (non-hydrogen) atoms. The average molecular weight is 182 g/mol. The number of imidazole rings is 1. The van der Waals surface area contributed by atoms with E-state index in [0.717, 1.165) is 6.54 Å². The third-order valence-electron chi connectivity index (χ3n) is 1.64. The number of hydrogen-bond acceptors (Lipinski definition) is 3. The molecule has 0 saturated heterocycles. The van der Waals surface area contributed by atoms with Gasteiger partial charge in [0.25, 0.3) is 0 Å². The SMILES string of the molecule is C[C@@H](N)C(=O)NCCn1ccnc1. The number of nitrogens with two attached hydrogens (primary N) is 1. The second-order valence-corrected chi connectivity index (χ2v) is 2.88. The Morgan fingerprint density at radius 1 is 1.77 bits per heavy atom. The van der Waals surface area contributed by atoms with E-state index in [1.165, 1.54) is 0 Å². The molecule has 5 nitrogen and oxygen atoms in total. The lowest BCUT2D eigenvalue weighted by molar-refractivity contribution is -0.121. The quantitative estimate of drug-likeness (QED) is 0.649. The molecule has 1 heterocycles. The van der Waals surface area contributed by atoms with E-state index in [4.69, 9.17) is 5.73 Å². The molecular formula is C8H14N4O. The molecule has 1 rings (SSSR count). The molecule has 0 spiro atoms. The van der Waals surface area contributed by atoms with Gasteiger partial charge < -0.3 is 15.6 Å². The van der Waals surface area contributed by atoms with Gasteiger partial charge in [-0.25, -0.2) is 4.98 Å². The Bertz CT molecular complexity index is 255. The Kier molecular flexibility index (Phi) is 3.45. The molecule has 0 fully saturated rings. The topological polar surface area (TPSA) is 72.9 Å². The number of nitrogens with one attached hydrogen (secondary N) is 1. The Morgan fingerprint density at radius 3 is 3.08 bits per heavy atom. The van der Waals surface area contributed by atoms with E-state index in [-0.39, 0.29) is 5.91 Å². The summed E-state index contributed by atoms with van der Waals surface area (Å²) in [6, 6.07) is -0.442. The Morgan fingerprint density at radius 2 is 2.54 bits per heavy atom. The van der Waals surface area contributed by atoms with Crippen LogP contribution in [0.5, 0.6) is 0 Å². The zero-order chi connectivity index (χ0) is 9.68. The molecule has 0 aliphatic carbocycles. The van der Waals surface area contributed by atoms with Gasteiger partial charge in [0.15, 0.2) is 0 Å². The lowest BCUT2D eigenvalue weighted by Crippen LogP contribution is -2.39. The molecule has 1 aromatic rings. The largest absolute Gasteiger partial charge is 0.353 e. The van der Waals surface area contributed by atoms with Crippen LogP contribution in [0.15, 0.2) is 18.7 Å². The molecule has 0 unspecified atom stereocenters. The summed E-state index contributed by atoms with van der Waals surface area (Å²) < 4.78 is 1.89. The minimum atomic E-state index is -0.442. The number of nitrogens with zero attached hydrogens (tertiary/aromatic N) is 2. The summed E-state index contributed by atoms with van der Waals surface area (Å²) in [5.74, 6) is -0.125. The summed E-state index contributed by atoms with van der Waals surface area (Å²) in [4.78, 5) is 14.9. The van der Waals surface area contributed by atoms with Crippen LogP contribution in [0.3, 0.4) is 0 Å². The van der Waals surface area contributed by atoms with E-state index in [1.807, 2.05) is 10.8 Å². The van der Waals surface area contributed by atoms with Crippen molar-refractivity contribution in [3.05, 3.63) is 18.7 Å². The molecule has 0 aliphatic rings. The van der Waals surface area contributed by atoms with Gasteiger partial charge in [0.05, 0.1) is 12.4 Å². The zero-order valence-electron chi connectivity index (χ0n) is 7.60. The normalized spacial score (nSPS) is 12.5. The van der Waals surface area contributed by atoms with Crippen molar-refractivity contribution in [3.8, 4) is 0 Å². The fourth-order valence-electron chi connectivity index (χ4n) is 0.888. The van der Waals surface area contributed by atoms with Crippen LogP contribution in [0.2, 0.25) is 0 Å². The molecular weight excluding hydrogens is 168 g/mol. The van der Waals surface area contributed by atoms with E-state index in [2.05, 4.69) is 10.3 Å². The second-order valence-electron chi connectivity index (χ2n) is 2.88. The molecule has 0 saturated carbocycles. The first-order chi connectivity index (χ1) is 6.20. The van der Waals surface area contributed by atoms with E-state index >= 15 is 0 Å². The van der Waals surface area contributed by atoms with Crippen LogP contribution in [-0.2, 0) is 11.3 Å². The first-order valence-corrected chi connectivity index (χ1v) is 4.19. The van der Waals surface area contributed by atoms with Gasteiger partial charge in [0, 0.05) is 25.5 Å². The molecule has 1 aromatic heterocycles. The predicted molar refractivity (Wildman–Crippen MR) is 48.9 cm³/mol. The van der Waals surface area contributed by atoms with E-state index in [1.54, 1.807) is 19.4 Å². The van der Waals surface area contributed by atoms with Gasteiger partial charge in [-0.3, -0.25) is 4.79 Å². The van der Waals surface area contributed by atoms with Gasteiger partial charge in [-0.15, -0.1) is 0 Å². The van der Waals surface area contributed by atoms with Crippen molar-refractivity contribution in [1.29, 1.82) is 0 Å². The summed E-state index contributed by atoms with van der Waals surface area (Å²) in [5, 5.41) is 2.71. The second kappa shape index (κ2) is 4.61. The number of carbonyl (C=O) groups excluding carboxylic acids is 1. The third-order valence-corrected chi connectivity index (χ3v) is 1.64. The fraction of sp³-hybridized carbons (Fsp3) is 0.500. The maximum Gasteiger partial charge on any atom is 0.236 e. The highest BCUT2D eigenvalue weighted by molar-refractivity contribution is 5.80. The Hall–Kier alpha value is -1.36. The number of aromatic nitrogens is 2. The van der Waals surface area contributed by atoms with Crippen LogP contribution in [0.4, 0.5) is 0 Å². The van der Waals surface area contributed by atoms with Crippen LogP contribution >= 0.6 is 0 Å². The standard InChI is InChI=1S/C8H14N4O/c1-7(9)8(13)11-3-5-12-4-2-10-6-12/h2,4,6-7H,3,5,9H2,1H3,(H,11,13)/t7-/m1/s1. The van der Waals surface area contributed by atoms with Gasteiger partial charge in [0.2, 0.25) is 5.91 Å². The lowest BCUT2D eigenvalue weighted by atomic mass is 10.3. The minimum absolute atomic E-state index is 0.125. The molecule has 1 atom stereocenters. The maximum atomic E-state index is 11.0. The number of carbonyl (C=O) groups is 1. The van der Waals surface area contributed by atoms with Gasteiger partial charge in [-0.2, -0.15) is 0 Å². The first-order valence-electron chi connectivity index (χ1n) is 4.19. The smallest absolute Gasteiger partial charge is 0.236 e. The highest BCUT2D eigenvalue weighted by Gasteiger charge is 2.04. The van der Waals surface area contributed by atoms with Crippen molar-refractivity contribution in [1.82, 2.24) is 14.9 Å². The summed E-state index contributed by atoms with van der Waals surface area (Å²) in [5.41, 5.74) is 5.36. The minimum Gasteiger partial charge on any atom is -0.353 e. The van der Waals surface area contributed by atoms with Crippen molar-refractivity contribution in [2.24, 2.45) is 5.73 Å². The molecule has 0 radical (unpaired) electrons. The summed E-state index contributed by atoms with van der Waals surface area (Å²) in [6.45, 7) is 2.96. The number of amides is 1. The lowest BCUT2D eigenvalue weighted by Gasteiger charge is -2.07. The van der Waals surface area contributed by atoms with Gasteiger partial charge in [-0.1, -0.05) is 0 Å². The van der Waals surface area contributed by atoms with Crippen molar-refractivity contribution >= 4 is 5.91 Å². The Labute approximate surface area is 76.9 Å². The van der Waals surface area contributed by atoms with Crippen LogP contribution in [-0.4, -0.2) is 28.0 Å². The highest BCUT2D eigenvalue weighted by atomic mass is 16.2. The predicted octanol–water partition coefficient (Wildman–Crippen LogP) is -0.653. The molecule has 0 aromatic carbocycles. The molecule has 0 bridgehead atoms. The molecule has 72 valence electrons. The zero-order valence-corrected chi connectivity index (χ0v) is 7.60. The van der Waals surface area contributed by atoms with Crippen LogP contribution < -0.4 is 11.1 Å². The fourth-order valence-corrected chi connectivity index (χ4v) is 0.888. The molecule has 5 heteroatoms. The van der Waals surface area contributed by atoms with Gasteiger partial charge >= 0.3 is 0 Å². The third kappa shape index (κ3) is 3.25. The monoisotopic (exact) mass is 182 g/mol. The maximum absolute atomic E-state index is 11.0. The van der Waals surface area contributed by atoms with E-state index in [0.29, 0.717) is 6.54 Å². The number of rotatable bonds is 4. The van der Waals surface area contributed by atoms with Gasteiger partial charge in [-0.05, 0) is 6.92 Å². The highest BCUT2D eigenvalue weighted by Crippen LogP contribution is 1.84. The molecule has 3 N–H and O–H groups in total. The van der Waals surface area contributed by atoms with Crippen molar-refractivity contribution < 1.29 is 4.79 Å². The summed E-state index contributed by atoms with van der Waals surface area (Å²) in [7, 11) is 0. The summed E-state index contributed by atoms with van der Waals surface area (Å²) >= 11 is 0. The number of hydrogen-bond donors (Lipinski definition) is 2. The summed E-state index contributed by atoms with van der Waals surface area (Å²) in [6.07, 6.45) is 5.25. The van der Waals surface area contributed by atoms with Crippen LogP contribution in [0.25, 0.3) is 0 Å². The van der Waals surface area contributed by atoms with Crippen molar-refractivity contribution in [3.63, 3.8) is 0 Å². The average Bonchev–Trinajstić information content (AvgIpc) is 2.56. The van der Waals surface area contributed by atoms with Gasteiger partial charge in [0.1, 0.15) is 0 Å². The van der Waals surface area contributed by atoms with E-state index < -0.39 is 6.04 Å². The molecule has 1 amide bonds. The van der Waals surface area contributed by atoms with Crippen LogP contribution in [0, 0.1) is 0 Å². The van der Waals surface area contributed by atoms with Crippen LogP contribution in [0.1, 0.15) is 6.92 Å². The van der Waals surface area contributed by atoms with E-state index in [9.17, 15) is 4.79 Å². The van der Waals surface area contributed by atoms with Crippen molar-refractivity contribution in [2.75, 3.05) is 6.54 Å². The van der Waals surface area contributed by atoms with Crippen molar-refractivity contribution in [2.45, 2.75) is 19.5 Å². The Balaban J connectivity index is 2.18.